The van der Waals surface area contributed by atoms with Gasteiger partial charge in [0.15, 0.2) is 0 Å². The third-order valence-electron chi connectivity index (χ3n) is 2.96. The van der Waals surface area contributed by atoms with E-state index in [0.717, 1.165) is 5.56 Å². The summed E-state index contributed by atoms with van der Waals surface area (Å²) in [6.45, 7) is 0. The number of anilines is 1. The van der Waals surface area contributed by atoms with Gasteiger partial charge < -0.3 is 5.73 Å². The smallest absolute Gasteiger partial charge is 0.148 e. The molecule has 1 aromatic heterocycles. The van der Waals surface area contributed by atoms with Gasteiger partial charge in [0.05, 0.1) is 5.69 Å². The summed E-state index contributed by atoms with van der Waals surface area (Å²) >= 11 is 5.85. The third-order valence-corrected chi connectivity index (χ3v) is 3.21. The first-order valence-corrected chi connectivity index (χ1v) is 6.39. The van der Waals surface area contributed by atoms with Crippen LogP contribution in [0.15, 0.2) is 54.6 Å². The Labute approximate surface area is 120 Å². The van der Waals surface area contributed by atoms with Crippen molar-refractivity contribution in [2.45, 2.75) is 0 Å². The van der Waals surface area contributed by atoms with Gasteiger partial charge in [-0.1, -0.05) is 35.9 Å². The lowest BCUT2D eigenvalue weighted by atomic mass is 10.1. The summed E-state index contributed by atoms with van der Waals surface area (Å²) in [6, 6.07) is 15.3. The van der Waals surface area contributed by atoms with Crippen molar-refractivity contribution in [3.63, 3.8) is 0 Å². The van der Waals surface area contributed by atoms with E-state index in [0.29, 0.717) is 22.2 Å². The van der Waals surface area contributed by atoms with Crippen LogP contribution in [-0.2, 0) is 0 Å². The number of nitrogens with two attached hydrogens (primary N) is 1. The molecule has 2 N–H and O–H groups in total. The summed E-state index contributed by atoms with van der Waals surface area (Å²) in [7, 11) is 0. The molecule has 3 aromatic rings. The predicted molar refractivity (Wildman–Crippen MR) is 78.4 cm³/mol. The van der Waals surface area contributed by atoms with Crippen molar-refractivity contribution in [2.24, 2.45) is 0 Å². The molecule has 100 valence electrons. The van der Waals surface area contributed by atoms with Gasteiger partial charge in [-0.05, 0) is 24.3 Å². The Morgan fingerprint density at radius 2 is 1.75 bits per heavy atom. The van der Waals surface area contributed by atoms with Crippen molar-refractivity contribution >= 4 is 17.4 Å². The fourth-order valence-electron chi connectivity index (χ4n) is 1.97. The molecule has 3 nitrogen and oxygen atoms in total. The van der Waals surface area contributed by atoms with Crippen LogP contribution >= 0.6 is 11.6 Å². The maximum absolute atomic E-state index is 13.8. The number of halogens is 2. The zero-order chi connectivity index (χ0) is 14.1. The van der Waals surface area contributed by atoms with Gasteiger partial charge in [-0.15, -0.1) is 0 Å². The molecule has 0 spiro atoms. The minimum atomic E-state index is -0.370. The van der Waals surface area contributed by atoms with E-state index in [1.54, 1.807) is 36.4 Å². The van der Waals surface area contributed by atoms with E-state index in [2.05, 4.69) is 5.10 Å². The molecule has 1 heterocycles. The Bertz CT molecular complexity index is 750. The molecule has 5 heteroatoms. The minimum Gasteiger partial charge on any atom is -0.384 e. The van der Waals surface area contributed by atoms with Crippen molar-refractivity contribution in [1.29, 1.82) is 0 Å². The topological polar surface area (TPSA) is 43.8 Å². The van der Waals surface area contributed by atoms with Gasteiger partial charge in [-0.2, -0.15) is 5.10 Å². The van der Waals surface area contributed by atoms with Crippen LogP contribution in [0.4, 0.5) is 10.2 Å². The second-order valence-electron chi connectivity index (χ2n) is 4.32. The van der Waals surface area contributed by atoms with Crippen LogP contribution < -0.4 is 5.73 Å². The quantitative estimate of drug-likeness (QED) is 0.776. The van der Waals surface area contributed by atoms with Crippen molar-refractivity contribution < 1.29 is 4.39 Å². The van der Waals surface area contributed by atoms with Gasteiger partial charge in [0, 0.05) is 16.7 Å². The Morgan fingerprint density at radius 3 is 2.45 bits per heavy atom. The Kier molecular flexibility index (Phi) is 3.16. The first-order chi connectivity index (χ1) is 9.65. The predicted octanol–water partition coefficient (Wildman–Crippen LogP) is 3.91. The van der Waals surface area contributed by atoms with Crippen LogP contribution in [0.3, 0.4) is 0 Å². The molecule has 0 saturated carbocycles. The van der Waals surface area contributed by atoms with Crippen molar-refractivity contribution in [3.05, 3.63) is 65.4 Å². The third kappa shape index (κ3) is 2.26. The largest absolute Gasteiger partial charge is 0.384 e. The fourth-order valence-corrected chi connectivity index (χ4v) is 2.10. The standard InChI is InChI=1S/C15H11ClFN3/c16-11-7-5-10(6-8-11)13-9-15(18)20(19-13)14-4-2-1-3-12(14)17/h1-9H,18H2. The van der Waals surface area contributed by atoms with E-state index in [1.807, 2.05) is 12.1 Å². The van der Waals surface area contributed by atoms with Crippen LogP contribution in [0.1, 0.15) is 0 Å². The van der Waals surface area contributed by atoms with Crippen molar-refractivity contribution in [1.82, 2.24) is 9.78 Å². The van der Waals surface area contributed by atoms with Crippen LogP contribution in [0.5, 0.6) is 0 Å². The Balaban J connectivity index is 2.08. The van der Waals surface area contributed by atoms with E-state index in [4.69, 9.17) is 17.3 Å². The highest BCUT2D eigenvalue weighted by molar-refractivity contribution is 6.30. The van der Waals surface area contributed by atoms with Gasteiger partial charge in [0.2, 0.25) is 0 Å². The van der Waals surface area contributed by atoms with Gasteiger partial charge in [-0.25, -0.2) is 9.07 Å². The number of benzene rings is 2. The summed E-state index contributed by atoms with van der Waals surface area (Å²) in [5, 5.41) is 5.00. The molecule has 0 radical (unpaired) electrons. The first-order valence-electron chi connectivity index (χ1n) is 6.01. The highest BCUT2D eigenvalue weighted by Crippen LogP contribution is 2.25. The first kappa shape index (κ1) is 12.7. The van der Waals surface area contributed by atoms with E-state index in [9.17, 15) is 4.39 Å². The summed E-state index contributed by atoms with van der Waals surface area (Å²) in [5.41, 5.74) is 7.78. The molecule has 0 aliphatic rings. The van der Waals surface area contributed by atoms with E-state index in [-0.39, 0.29) is 5.82 Å². The zero-order valence-corrected chi connectivity index (χ0v) is 11.2. The van der Waals surface area contributed by atoms with E-state index >= 15 is 0 Å². The minimum absolute atomic E-state index is 0.324. The second-order valence-corrected chi connectivity index (χ2v) is 4.76. The Hall–Kier alpha value is -2.33. The van der Waals surface area contributed by atoms with Gasteiger partial charge in [-0.3, -0.25) is 0 Å². The normalized spacial score (nSPS) is 10.7. The van der Waals surface area contributed by atoms with E-state index < -0.39 is 0 Å². The molecular weight excluding hydrogens is 277 g/mol. The molecule has 3 rings (SSSR count). The summed E-state index contributed by atoms with van der Waals surface area (Å²) in [4.78, 5) is 0. The van der Waals surface area contributed by atoms with Crippen molar-refractivity contribution in [2.75, 3.05) is 5.73 Å². The van der Waals surface area contributed by atoms with Crippen LogP contribution in [0, 0.1) is 5.82 Å². The number of nitrogens with zero attached hydrogens (tertiary/aromatic N) is 2. The maximum Gasteiger partial charge on any atom is 0.148 e. The molecule has 2 aromatic carbocycles. The summed E-state index contributed by atoms with van der Waals surface area (Å²) in [5.74, 6) is 0.00464. The average molecular weight is 288 g/mol. The summed E-state index contributed by atoms with van der Waals surface area (Å²) in [6.07, 6.45) is 0. The fraction of sp³-hybridized carbons (Fsp3) is 0. The number of hydrogen-bond donors (Lipinski definition) is 1. The number of nitrogen functional groups attached to an aromatic ring is 1. The Morgan fingerprint density at radius 1 is 1.05 bits per heavy atom. The second kappa shape index (κ2) is 4.98. The SMILES string of the molecule is Nc1cc(-c2ccc(Cl)cc2)nn1-c1ccccc1F. The molecule has 20 heavy (non-hydrogen) atoms. The molecule has 0 aliphatic carbocycles. The summed E-state index contributed by atoms with van der Waals surface area (Å²) < 4.78 is 15.2. The van der Waals surface area contributed by atoms with Crippen LogP contribution in [0.2, 0.25) is 5.02 Å². The number of hydrogen-bond acceptors (Lipinski definition) is 2. The molecule has 0 bridgehead atoms. The lowest BCUT2D eigenvalue weighted by molar-refractivity contribution is 0.612. The molecular formula is C15H11ClFN3. The molecule has 0 saturated heterocycles. The number of para-hydroxylation sites is 1. The molecule has 0 atom stereocenters. The monoisotopic (exact) mass is 287 g/mol. The highest BCUT2D eigenvalue weighted by Gasteiger charge is 2.11. The lowest BCUT2D eigenvalue weighted by Gasteiger charge is -2.04. The van der Waals surface area contributed by atoms with Crippen molar-refractivity contribution in [3.8, 4) is 16.9 Å². The van der Waals surface area contributed by atoms with Crippen LogP contribution in [0.25, 0.3) is 16.9 Å². The van der Waals surface area contributed by atoms with Gasteiger partial charge >= 0.3 is 0 Å². The number of rotatable bonds is 2. The molecule has 0 aliphatic heterocycles. The van der Waals surface area contributed by atoms with Gasteiger partial charge in [0.25, 0.3) is 0 Å². The molecule has 0 amide bonds. The molecule has 0 fully saturated rings. The van der Waals surface area contributed by atoms with E-state index in [1.165, 1.54) is 10.7 Å². The highest BCUT2D eigenvalue weighted by atomic mass is 35.5. The zero-order valence-electron chi connectivity index (χ0n) is 10.4. The maximum atomic E-state index is 13.8. The molecule has 0 unspecified atom stereocenters. The average Bonchev–Trinajstić information content (AvgIpc) is 2.82. The number of aromatic nitrogens is 2. The van der Waals surface area contributed by atoms with Crippen LogP contribution in [-0.4, -0.2) is 9.78 Å². The van der Waals surface area contributed by atoms with Gasteiger partial charge in [0.1, 0.15) is 17.3 Å². The lowest BCUT2D eigenvalue weighted by Crippen LogP contribution is -2.03.